The summed E-state index contributed by atoms with van der Waals surface area (Å²) in [6.45, 7) is 0. The van der Waals surface area contributed by atoms with Gasteiger partial charge in [-0.15, -0.1) is 0 Å². The third kappa shape index (κ3) is 2.56. The summed E-state index contributed by atoms with van der Waals surface area (Å²) in [4.78, 5) is 11.9. The Balaban J connectivity index is 1.94. The zero-order chi connectivity index (χ0) is 17.8. The molecule has 0 radical (unpaired) electrons. The molecule has 1 aliphatic heterocycles. The van der Waals surface area contributed by atoms with Crippen LogP contribution in [0.5, 0.6) is 0 Å². The minimum atomic E-state index is -3.59. The van der Waals surface area contributed by atoms with Gasteiger partial charge in [-0.2, -0.15) is 5.10 Å². The molecular formula is C17H18N2O5S. The number of sulfone groups is 1. The van der Waals surface area contributed by atoms with E-state index < -0.39 is 15.8 Å². The molecule has 0 atom stereocenters. The van der Waals surface area contributed by atoms with Crippen LogP contribution in [0.15, 0.2) is 29.2 Å². The molecule has 2 aromatic rings. The number of hydrogen-bond acceptors (Lipinski definition) is 5. The Morgan fingerprint density at radius 3 is 2.52 bits per heavy atom. The maximum absolute atomic E-state index is 12.6. The minimum Gasteiger partial charge on any atom is -0.476 e. The van der Waals surface area contributed by atoms with Crippen molar-refractivity contribution >= 4 is 15.8 Å². The molecule has 7 nitrogen and oxygen atoms in total. The highest BCUT2D eigenvalue weighted by molar-refractivity contribution is 7.90. The molecule has 2 heterocycles. The molecule has 0 amide bonds. The highest BCUT2D eigenvalue weighted by Crippen LogP contribution is 2.42. The number of carboxylic acid groups (broad SMARTS) is 1. The zero-order valence-corrected chi connectivity index (χ0v) is 14.2. The second-order valence-electron chi connectivity index (χ2n) is 6.64. The van der Waals surface area contributed by atoms with Crippen LogP contribution in [0.4, 0.5) is 0 Å². The zero-order valence-electron chi connectivity index (χ0n) is 13.4. The number of aromatic nitrogens is 2. The number of benzene rings is 1. The highest BCUT2D eigenvalue weighted by Gasteiger charge is 2.37. The molecule has 1 aliphatic carbocycles. The standard InChI is InChI=1S/C17H18N2O5S/c20-11-7-5-10(6-8-11)19-16-12-3-1-2-4-14(12)25(23,24)9-13(16)15(18-19)17(21)22/h1-4,10-11,20H,5-9H2,(H,21,22). The molecule has 2 N–H and O–H groups in total. The summed E-state index contributed by atoms with van der Waals surface area (Å²) in [6, 6.07) is 6.62. The fraction of sp³-hybridized carbons (Fsp3) is 0.412. The van der Waals surface area contributed by atoms with Gasteiger partial charge >= 0.3 is 5.97 Å². The first-order chi connectivity index (χ1) is 11.9. The van der Waals surface area contributed by atoms with Gasteiger partial charge in [-0.1, -0.05) is 18.2 Å². The number of aliphatic hydroxyl groups excluding tert-OH is 1. The van der Waals surface area contributed by atoms with Gasteiger partial charge in [-0.25, -0.2) is 13.2 Å². The van der Waals surface area contributed by atoms with Gasteiger partial charge in [-0.3, -0.25) is 4.68 Å². The monoisotopic (exact) mass is 362 g/mol. The van der Waals surface area contributed by atoms with Crippen molar-refractivity contribution in [3.8, 4) is 11.3 Å². The summed E-state index contributed by atoms with van der Waals surface area (Å²) in [7, 11) is -3.59. The van der Waals surface area contributed by atoms with Crippen molar-refractivity contribution in [2.75, 3.05) is 0 Å². The van der Waals surface area contributed by atoms with Gasteiger partial charge in [0.25, 0.3) is 0 Å². The van der Waals surface area contributed by atoms with E-state index >= 15 is 0 Å². The summed E-state index contributed by atoms with van der Waals surface area (Å²) >= 11 is 0. The van der Waals surface area contributed by atoms with Crippen molar-refractivity contribution in [3.05, 3.63) is 35.5 Å². The quantitative estimate of drug-likeness (QED) is 0.846. The second kappa shape index (κ2) is 5.67. The van der Waals surface area contributed by atoms with Crippen molar-refractivity contribution in [1.82, 2.24) is 9.78 Å². The van der Waals surface area contributed by atoms with Crippen LogP contribution in [0.25, 0.3) is 11.3 Å². The van der Waals surface area contributed by atoms with Gasteiger partial charge in [-0.05, 0) is 31.7 Å². The van der Waals surface area contributed by atoms with Gasteiger partial charge in [0.05, 0.1) is 28.5 Å². The Morgan fingerprint density at radius 2 is 1.84 bits per heavy atom. The van der Waals surface area contributed by atoms with E-state index in [1.54, 1.807) is 28.9 Å². The summed E-state index contributed by atoms with van der Waals surface area (Å²) in [5, 5.41) is 23.5. The van der Waals surface area contributed by atoms with E-state index in [1.165, 1.54) is 0 Å². The number of aromatic carboxylic acids is 1. The predicted molar refractivity (Wildman–Crippen MR) is 89.0 cm³/mol. The van der Waals surface area contributed by atoms with E-state index in [2.05, 4.69) is 5.10 Å². The SMILES string of the molecule is O=C(O)c1nn(C2CCC(O)CC2)c2c1CS(=O)(=O)c1ccccc1-2. The lowest BCUT2D eigenvalue weighted by Crippen LogP contribution is -2.23. The maximum atomic E-state index is 12.6. The van der Waals surface area contributed by atoms with Gasteiger partial charge < -0.3 is 10.2 Å². The number of rotatable bonds is 2. The Kier molecular flexibility index (Phi) is 3.69. The minimum absolute atomic E-state index is 0.0425. The van der Waals surface area contributed by atoms with Gasteiger partial charge in [0.2, 0.25) is 0 Å². The van der Waals surface area contributed by atoms with E-state index in [9.17, 15) is 23.4 Å². The first-order valence-electron chi connectivity index (χ1n) is 8.23. The summed E-state index contributed by atoms with van der Waals surface area (Å²) in [5.74, 6) is -1.57. The largest absolute Gasteiger partial charge is 0.476 e. The fourth-order valence-electron chi connectivity index (χ4n) is 3.83. The average Bonchev–Trinajstić information content (AvgIpc) is 2.94. The Labute approximate surface area is 144 Å². The van der Waals surface area contributed by atoms with Crippen LogP contribution in [0.1, 0.15) is 47.8 Å². The lowest BCUT2D eigenvalue weighted by Gasteiger charge is -2.28. The van der Waals surface area contributed by atoms with Crippen molar-refractivity contribution in [2.24, 2.45) is 0 Å². The molecule has 132 valence electrons. The number of nitrogens with zero attached hydrogens (tertiary/aromatic N) is 2. The third-order valence-electron chi connectivity index (χ3n) is 5.03. The fourth-order valence-corrected chi connectivity index (χ4v) is 5.43. The lowest BCUT2D eigenvalue weighted by molar-refractivity contribution is 0.0686. The second-order valence-corrected chi connectivity index (χ2v) is 8.60. The molecule has 1 aromatic heterocycles. The van der Waals surface area contributed by atoms with E-state index in [0.717, 1.165) is 0 Å². The molecule has 8 heteroatoms. The van der Waals surface area contributed by atoms with Crippen molar-refractivity contribution < 1.29 is 23.4 Å². The summed E-state index contributed by atoms with van der Waals surface area (Å²) in [5.41, 5.74) is 1.16. The van der Waals surface area contributed by atoms with Gasteiger partial charge in [0, 0.05) is 11.1 Å². The van der Waals surface area contributed by atoms with Crippen LogP contribution < -0.4 is 0 Å². The molecule has 4 rings (SSSR count). The Hall–Kier alpha value is -2.19. The molecule has 0 unspecified atom stereocenters. The summed E-state index contributed by atoms with van der Waals surface area (Å²) < 4.78 is 26.8. The molecule has 2 aliphatic rings. The molecule has 0 spiro atoms. The number of fused-ring (bicyclic) bond motifs is 3. The van der Waals surface area contributed by atoms with Crippen LogP contribution >= 0.6 is 0 Å². The maximum Gasteiger partial charge on any atom is 0.356 e. The number of hydrogen-bond donors (Lipinski definition) is 2. The number of aliphatic hydroxyl groups is 1. The predicted octanol–water partition coefficient (Wildman–Crippen LogP) is 2.01. The Morgan fingerprint density at radius 1 is 1.16 bits per heavy atom. The normalized spacial score (nSPS) is 24.4. The van der Waals surface area contributed by atoms with Crippen LogP contribution in [0, 0.1) is 0 Å². The van der Waals surface area contributed by atoms with Crippen LogP contribution in [-0.2, 0) is 15.6 Å². The van der Waals surface area contributed by atoms with Crippen LogP contribution in [0.3, 0.4) is 0 Å². The molecule has 25 heavy (non-hydrogen) atoms. The first kappa shape index (κ1) is 16.3. The average molecular weight is 362 g/mol. The molecule has 0 bridgehead atoms. The van der Waals surface area contributed by atoms with Gasteiger partial charge in [0.1, 0.15) is 0 Å². The van der Waals surface area contributed by atoms with Crippen LogP contribution in [0.2, 0.25) is 0 Å². The highest BCUT2D eigenvalue weighted by atomic mass is 32.2. The molecule has 1 aromatic carbocycles. The number of carbonyl (C=O) groups is 1. The smallest absolute Gasteiger partial charge is 0.356 e. The molecule has 0 saturated heterocycles. The molecule has 1 saturated carbocycles. The third-order valence-corrected chi connectivity index (χ3v) is 6.73. The van der Waals surface area contributed by atoms with Gasteiger partial charge in [0.15, 0.2) is 15.5 Å². The Bertz CT molecular complexity index is 955. The van der Waals surface area contributed by atoms with Crippen molar-refractivity contribution in [2.45, 2.75) is 48.5 Å². The van der Waals surface area contributed by atoms with E-state index in [1.807, 2.05) is 0 Å². The van der Waals surface area contributed by atoms with Crippen molar-refractivity contribution in [3.63, 3.8) is 0 Å². The summed E-state index contributed by atoms with van der Waals surface area (Å²) in [6.07, 6.45) is 2.28. The lowest BCUT2D eigenvalue weighted by atomic mass is 9.92. The topological polar surface area (TPSA) is 109 Å². The van der Waals surface area contributed by atoms with E-state index in [4.69, 9.17) is 0 Å². The van der Waals surface area contributed by atoms with E-state index in [-0.39, 0.29) is 34.1 Å². The molecular weight excluding hydrogens is 344 g/mol. The van der Waals surface area contributed by atoms with Crippen molar-refractivity contribution in [1.29, 1.82) is 0 Å². The van der Waals surface area contributed by atoms with E-state index in [0.29, 0.717) is 36.9 Å². The van der Waals surface area contributed by atoms with Crippen LogP contribution in [-0.4, -0.2) is 40.5 Å². The molecule has 1 fully saturated rings. The first-order valence-corrected chi connectivity index (χ1v) is 9.88. The number of carboxylic acids is 1.